The SMILES string of the molecule is Cc1cc2c(=O)[nH]cc(C)c2cc1OC1CCN(Cc2ccccc2)CC1. The van der Waals surface area contributed by atoms with E-state index in [4.69, 9.17) is 4.74 Å². The van der Waals surface area contributed by atoms with Crippen LogP contribution in [0.25, 0.3) is 10.8 Å². The van der Waals surface area contributed by atoms with Gasteiger partial charge in [-0.25, -0.2) is 0 Å². The number of hydrogen-bond acceptors (Lipinski definition) is 3. The lowest BCUT2D eigenvalue weighted by atomic mass is 10.0. The minimum Gasteiger partial charge on any atom is -0.490 e. The third-order valence-electron chi connectivity index (χ3n) is 5.48. The Kier molecular flexibility index (Phi) is 4.99. The van der Waals surface area contributed by atoms with Gasteiger partial charge in [0.25, 0.3) is 5.56 Å². The number of rotatable bonds is 4. The van der Waals surface area contributed by atoms with Gasteiger partial charge >= 0.3 is 0 Å². The first-order valence-electron chi connectivity index (χ1n) is 9.66. The number of nitrogens with one attached hydrogen (secondary N) is 1. The van der Waals surface area contributed by atoms with E-state index in [9.17, 15) is 4.79 Å². The number of H-pyrrole nitrogens is 1. The summed E-state index contributed by atoms with van der Waals surface area (Å²) in [5, 5.41) is 1.71. The average Bonchev–Trinajstić information content (AvgIpc) is 2.68. The first-order valence-corrected chi connectivity index (χ1v) is 9.66. The number of fused-ring (bicyclic) bond motifs is 1. The molecule has 1 aromatic heterocycles. The monoisotopic (exact) mass is 362 g/mol. The van der Waals surface area contributed by atoms with Gasteiger partial charge < -0.3 is 9.72 Å². The van der Waals surface area contributed by atoms with Gasteiger partial charge in [-0.2, -0.15) is 0 Å². The number of benzene rings is 2. The maximum absolute atomic E-state index is 12.1. The van der Waals surface area contributed by atoms with Crippen LogP contribution in [0.2, 0.25) is 0 Å². The Morgan fingerprint density at radius 1 is 1.04 bits per heavy atom. The number of aromatic amines is 1. The van der Waals surface area contributed by atoms with Gasteiger partial charge in [0.15, 0.2) is 0 Å². The molecule has 1 fully saturated rings. The van der Waals surface area contributed by atoms with Crippen molar-refractivity contribution in [2.45, 2.75) is 39.3 Å². The summed E-state index contributed by atoms with van der Waals surface area (Å²) >= 11 is 0. The first kappa shape index (κ1) is 17.8. The van der Waals surface area contributed by atoms with Gasteiger partial charge in [-0.1, -0.05) is 30.3 Å². The van der Waals surface area contributed by atoms with E-state index in [2.05, 4.69) is 40.2 Å². The fourth-order valence-corrected chi connectivity index (χ4v) is 3.86. The van der Waals surface area contributed by atoms with Crippen molar-refractivity contribution in [3.63, 3.8) is 0 Å². The highest BCUT2D eigenvalue weighted by atomic mass is 16.5. The molecule has 2 aromatic carbocycles. The molecule has 0 atom stereocenters. The van der Waals surface area contributed by atoms with Crippen LogP contribution in [0.4, 0.5) is 0 Å². The molecule has 1 N–H and O–H groups in total. The second-order valence-electron chi connectivity index (χ2n) is 7.54. The van der Waals surface area contributed by atoms with Gasteiger partial charge in [-0.3, -0.25) is 9.69 Å². The lowest BCUT2D eigenvalue weighted by Gasteiger charge is -2.32. The Balaban J connectivity index is 1.44. The number of nitrogens with zero attached hydrogens (tertiary/aromatic N) is 1. The van der Waals surface area contributed by atoms with Crippen molar-refractivity contribution in [2.75, 3.05) is 13.1 Å². The second-order valence-corrected chi connectivity index (χ2v) is 7.54. The highest BCUT2D eigenvalue weighted by Crippen LogP contribution is 2.28. The largest absolute Gasteiger partial charge is 0.490 e. The standard InChI is InChI=1S/C23H26N2O2/c1-16-12-21-20(17(2)14-24-23(21)26)13-22(16)27-19-8-10-25(11-9-19)15-18-6-4-3-5-7-18/h3-7,12-14,19H,8-11,15H2,1-2H3,(H,24,26). The quantitative estimate of drug-likeness (QED) is 0.757. The van der Waals surface area contributed by atoms with Crippen molar-refractivity contribution < 1.29 is 4.74 Å². The molecule has 4 heteroatoms. The zero-order valence-electron chi connectivity index (χ0n) is 16.0. The van der Waals surface area contributed by atoms with E-state index in [1.807, 2.05) is 26.0 Å². The van der Waals surface area contributed by atoms with Crippen LogP contribution in [0.3, 0.4) is 0 Å². The number of aromatic nitrogens is 1. The fraction of sp³-hybridized carbons (Fsp3) is 0.348. The second kappa shape index (κ2) is 7.57. The topological polar surface area (TPSA) is 45.3 Å². The summed E-state index contributed by atoms with van der Waals surface area (Å²) in [6.45, 7) is 7.13. The van der Waals surface area contributed by atoms with E-state index in [-0.39, 0.29) is 11.7 Å². The average molecular weight is 362 g/mol. The third-order valence-corrected chi connectivity index (χ3v) is 5.48. The van der Waals surface area contributed by atoms with Crippen molar-refractivity contribution >= 4 is 10.8 Å². The summed E-state index contributed by atoms with van der Waals surface area (Å²) in [6, 6.07) is 14.6. The van der Waals surface area contributed by atoms with Crippen LogP contribution in [0.1, 0.15) is 29.5 Å². The maximum Gasteiger partial charge on any atom is 0.255 e. The van der Waals surface area contributed by atoms with Gasteiger partial charge in [0.2, 0.25) is 0 Å². The van der Waals surface area contributed by atoms with Gasteiger partial charge in [-0.05, 0) is 60.9 Å². The molecular formula is C23H26N2O2. The van der Waals surface area contributed by atoms with Crippen molar-refractivity contribution in [3.8, 4) is 5.75 Å². The minimum atomic E-state index is -0.0422. The summed E-state index contributed by atoms with van der Waals surface area (Å²) in [5.74, 6) is 0.901. The van der Waals surface area contributed by atoms with Crippen molar-refractivity contribution in [1.82, 2.24) is 9.88 Å². The summed E-state index contributed by atoms with van der Waals surface area (Å²) in [4.78, 5) is 17.4. The van der Waals surface area contributed by atoms with Crippen molar-refractivity contribution in [1.29, 1.82) is 0 Å². The number of pyridine rings is 1. The molecule has 0 amide bonds. The van der Waals surface area contributed by atoms with Gasteiger partial charge in [0.05, 0.1) is 0 Å². The van der Waals surface area contributed by atoms with Crippen molar-refractivity contribution in [2.24, 2.45) is 0 Å². The zero-order chi connectivity index (χ0) is 18.8. The van der Waals surface area contributed by atoms with E-state index < -0.39 is 0 Å². The molecule has 1 saturated heterocycles. The molecule has 2 heterocycles. The van der Waals surface area contributed by atoms with Crippen LogP contribution in [-0.4, -0.2) is 29.1 Å². The van der Waals surface area contributed by atoms with E-state index in [1.54, 1.807) is 6.20 Å². The van der Waals surface area contributed by atoms with Crippen LogP contribution in [0, 0.1) is 13.8 Å². The molecule has 0 saturated carbocycles. The van der Waals surface area contributed by atoms with E-state index >= 15 is 0 Å². The summed E-state index contributed by atoms with van der Waals surface area (Å²) in [6.07, 6.45) is 4.05. The highest BCUT2D eigenvalue weighted by molar-refractivity contribution is 5.86. The molecule has 27 heavy (non-hydrogen) atoms. The molecule has 0 spiro atoms. The summed E-state index contributed by atoms with van der Waals surface area (Å²) in [7, 11) is 0. The smallest absolute Gasteiger partial charge is 0.255 e. The number of piperidine rings is 1. The van der Waals surface area contributed by atoms with E-state index in [0.717, 1.165) is 60.1 Å². The Labute approximate surface area is 159 Å². The molecule has 0 radical (unpaired) electrons. The number of ether oxygens (including phenoxy) is 1. The predicted octanol–water partition coefficient (Wildman–Crippen LogP) is 4.19. The Bertz CT molecular complexity index is 986. The van der Waals surface area contributed by atoms with Gasteiger partial charge in [-0.15, -0.1) is 0 Å². The molecule has 0 aliphatic carbocycles. The summed E-state index contributed by atoms with van der Waals surface area (Å²) < 4.78 is 6.35. The Morgan fingerprint density at radius 2 is 1.78 bits per heavy atom. The molecule has 4 nitrogen and oxygen atoms in total. The van der Waals surface area contributed by atoms with Crippen LogP contribution < -0.4 is 10.3 Å². The minimum absolute atomic E-state index is 0.0422. The zero-order valence-corrected chi connectivity index (χ0v) is 16.0. The molecule has 4 rings (SSSR count). The third kappa shape index (κ3) is 3.91. The summed E-state index contributed by atoms with van der Waals surface area (Å²) in [5.41, 5.74) is 3.40. The predicted molar refractivity (Wildman–Crippen MR) is 109 cm³/mol. The molecule has 1 aliphatic heterocycles. The molecule has 140 valence electrons. The van der Waals surface area contributed by atoms with Crippen LogP contribution in [0.15, 0.2) is 53.5 Å². The van der Waals surface area contributed by atoms with E-state index in [0.29, 0.717) is 0 Å². The lowest BCUT2D eigenvalue weighted by Crippen LogP contribution is -2.37. The van der Waals surface area contributed by atoms with Crippen LogP contribution in [0.5, 0.6) is 5.75 Å². The normalized spacial score (nSPS) is 15.9. The van der Waals surface area contributed by atoms with Gasteiger partial charge in [0.1, 0.15) is 11.9 Å². The molecule has 0 unspecified atom stereocenters. The van der Waals surface area contributed by atoms with Gasteiger partial charge in [0, 0.05) is 31.2 Å². The van der Waals surface area contributed by atoms with Crippen molar-refractivity contribution in [3.05, 3.63) is 75.7 Å². The number of likely N-dealkylation sites (tertiary alicyclic amines) is 1. The lowest BCUT2D eigenvalue weighted by molar-refractivity contribution is 0.0964. The maximum atomic E-state index is 12.1. The first-order chi connectivity index (χ1) is 13.1. The molecule has 3 aromatic rings. The highest BCUT2D eigenvalue weighted by Gasteiger charge is 2.21. The molecule has 0 bridgehead atoms. The van der Waals surface area contributed by atoms with E-state index in [1.165, 1.54) is 5.56 Å². The number of aryl methyl sites for hydroxylation is 2. The molecule has 1 aliphatic rings. The fourth-order valence-electron chi connectivity index (χ4n) is 3.86. The van der Waals surface area contributed by atoms with Crippen LogP contribution >= 0.6 is 0 Å². The Morgan fingerprint density at radius 3 is 2.52 bits per heavy atom. The Hall–Kier alpha value is -2.59. The molecular weight excluding hydrogens is 336 g/mol. The van der Waals surface area contributed by atoms with Crippen LogP contribution in [-0.2, 0) is 6.54 Å². The number of hydrogen-bond donors (Lipinski definition) is 1.